The van der Waals surface area contributed by atoms with E-state index >= 15 is 0 Å². The number of alkyl halides is 3. The maximum Gasteiger partial charge on any atom is 0.405 e. The Hall–Kier alpha value is -2.32. The molecule has 9 heteroatoms. The highest BCUT2D eigenvalue weighted by Gasteiger charge is 2.34. The first-order chi connectivity index (χ1) is 9.11. The molecule has 0 aliphatic rings. The van der Waals surface area contributed by atoms with E-state index in [0.717, 1.165) is 6.07 Å². The lowest BCUT2D eigenvalue weighted by molar-refractivity contribution is -0.384. The molecule has 0 radical (unpaired) electrons. The third kappa shape index (κ3) is 4.11. The van der Waals surface area contributed by atoms with Gasteiger partial charge in [-0.25, -0.2) is 0 Å². The van der Waals surface area contributed by atoms with Crippen LogP contribution in [0.15, 0.2) is 18.2 Å². The second-order valence-corrected chi connectivity index (χ2v) is 4.06. The molecule has 0 amide bonds. The van der Waals surface area contributed by atoms with Crippen LogP contribution in [0, 0.1) is 17.0 Å². The number of anilines is 1. The molecular weight excluding hydrogens is 281 g/mol. The normalized spacial score (nSPS) is 11.2. The highest BCUT2D eigenvalue weighted by Crippen LogP contribution is 2.33. The quantitative estimate of drug-likeness (QED) is 0.665. The molecule has 0 aliphatic heterocycles. The van der Waals surface area contributed by atoms with Crippen molar-refractivity contribution < 1.29 is 28.0 Å². The van der Waals surface area contributed by atoms with E-state index in [0.29, 0.717) is 4.90 Å². The van der Waals surface area contributed by atoms with Gasteiger partial charge >= 0.3 is 12.1 Å². The van der Waals surface area contributed by atoms with Crippen molar-refractivity contribution in [1.29, 1.82) is 0 Å². The van der Waals surface area contributed by atoms with E-state index in [2.05, 4.69) is 0 Å². The minimum absolute atomic E-state index is 0.157. The number of hydrogen-bond donors (Lipinski definition) is 1. The minimum atomic E-state index is -4.67. The van der Waals surface area contributed by atoms with Crippen molar-refractivity contribution in [3.05, 3.63) is 33.9 Å². The summed E-state index contributed by atoms with van der Waals surface area (Å²) in [6.45, 7) is -1.19. The molecule has 1 N–H and O–H groups in total. The van der Waals surface area contributed by atoms with Crippen LogP contribution >= 0.6 is 0 Å². The summed E-state index contributed by atoms with van der Waals surface area (Å²) in [5.74, 6) is -1.51. The van der Waals surface area contributed by atoms with Gasteiger partial charge in [0, 0.05) is 5.56 Å². The highest BCUT2D eigenvalue weighted by atomic mass is 19.4. The van der Waals surface area contributed by atoms with Crippen molar-refractivity contribution in [2.75, 3.05) is 18.0 Å². The Morgan fingerprint density at radius 3 is 2.50 bits per heavy atom. The van der Waals surface area contributed by atoms with E-state index in [1.165, 1.54) is 19.1 Å². The second-order valence-electron chi connectivity index (χ2n) is 4.06. The standard InChI is InChI=1S/C11H11F3N2O4/c1-7-3-2-4-8(10(7)16(19)20)15(5-9(17)18)6-11(12,13)14/h2-4H,5-6H2,1H3,(H,17,18). The van der Waals surface area contributed by atoms with Crippen LogP contribution in [0.25, 0.3) is 0 Å². The average molecular weight is 292 g/mol. The molecule has 0 saturated heterocycles. The van der Waals surface area contributed by atoms with Crippen LogP contribution in [0.2, 0.25) is 0 Å². The highest BCUT2D eigenvalue weighted by molar-refractivity contribution is 5.77. The summed E-state index contributed by atoms with van der Waals surface area (Å²) in [7, 11) is 0. The lowest BCUT2D eigenvalue weighted by Gasteiger charge is -2.24. The number of para-hydroxylation sites is 1. The first kappa shape index (κ1) is 15.7. The van der Waals surface area contributed by atoms with Crippen molar-refractivity contribution in [3.8, 4) is 0 Å². The van der Waals surface area contributed by atoms with E-state index in [1.54, 1.807) is 0 Å². The van der Waals surface area contributed by atoms with E-state index in [-0.39, 0.29) is 11.3 Å². The number of aliphatic carboxylic acids is 1. The summed E-state index contributed by atoms with van der Waals surface area (Å²) < 4.78 is 37.4. The first-order valence-electron chi connectivity index (χ1n) is 5.39. The molecule has 0 saturated carbocycles. The van der Waals surface area contributed by atoms with Crippen LogP contribution < -0.4 is 4.90 Å². The fourth-order valence-corrected chi connectivity index (χ4v) is 1.74. The summed E-state index contributed by atoms with van der Waals surface area (Å²) >= 11 is 0. The Labute approximate surface area is 111 Å². The van der Waals surface area contributed by atoms with Gasteiger partial charge in [0.05, 0.1) is 4.92 Å². The Kier molecular flexibility index (Phi) is 4.53. The zero-order chi connectivity index (χ0) is 15.5. The van der Waals surface area contributed by atoms with Crippen molar-refractivity contribution in [2.45, 2.75) is 13.1 Å². The zero-order valence-electron chi connectivity index (χ0n) is 10.3. The maximum absolute atomic E-state index is 12.5. The molecule has 1 rings (SSSR count). The largest absolute Gasteiger partial charge is 0.480 e. The third-order valence-electron chi connectivity index (χ3n) is 2.44. The second kappa shape index (κ2) is 5.76. The number of carboxylic acid groups (broad SMARTS) is 1. The molecule has 20 heavy (non-hydrogen) atoms. The molecule has 0 bridgehead atoms. The number of nitro groups is 1. The van der Waals surface area contributed by atoms with E-state index in [9.17, 15) is 28.1 Å². The molecule has 110 valence electrons. The van der Waals surface area contributed by atoms with Gasteiger partial charge in [0.2, 0.25) is 0 Å². The van der Waals surface area contributed by atoms with Crippen molar-refractivity contribution in [2.24, 2.45) is 0 Å². The Bertz CT molecular complexity index is 531. The molecular formula is C11H11F3N2O4. The maximum atomic E-state index is 12.5. The molecule has 1 aromatic carbocycles. The molecule has 0 heterocycles. The van der Waals surface area contributed by atoms with Crippen LogP contribution in [0.5, 0.6) is 0 Å². The van der Waals surface area contributed by atoms with Gasteiger partial charge in [0.1, 0.15) is 18.8 Å². The third-order valence-corrected chi connectivity index (χ3v) is 2.44. The molecule has 0 aromatic heterocycles. The zero-order valence-corrected chi connectivity index (χ0v) is 10.3. The molecule has 0 spiro atoms. The van der Waals surface area contributed by atoms with Crippen LogP contribution in [0.1, 0.15) is 5.56 Å². The van der Waals surface area contributed by atoms with Crippen molar-refractivity contribution >= 4 is 17.3 Å². The fourth-order valence-electron chi connectivity index (χ4n) is 1.74. The number of rotatable bonds is 5. The number of aryl methyl sites for hydroxylation is 1. The van der Waals surface area contributed by atoms with Gasteiger partial charge in [0.25, 0.3) is 5.69 Å². The lowest BCUT2D eigenvalue weighted by Crippen LogP contribution is -2.38. The predicted octanol–water partition coefficient (Wildman–Crippen LogP) is 2.36. The lowest BCUT2D eigenvalue weighted by atomic mass is 10.1. The van der Waals surface area contributed by atoms with Crippen molar-refractivity contribution in [3.63, 3.8) is 0 Å². The minimum Gasteiger partial charge on any atom is -0.480 e. The van der Waals surface area contributed by atoms with Crippen LogP contribution in [0.4, 0.5) is 24.5 Å². The molecule has 1 aromatic rings. The van der Waals surface area contributed by atoms with Gasteiger partial charge < -0.3 is 10.0 Å². The van der Waals surface area contributed by atoms with Gasteiger partial charge in [0.15, 0.2) is 0 Å². The fraction of sp³-hybridized carbons (Fsp3) is 0.364. The van der Waals surface area contributed by atoms with Crippen LogP contribution in [-0.4, -0.2) is 35.3 Å². The van der Waals surface area contributed by atoms with Gasteiger partial charge in [-0.3, -0.25) is 14.9 Å². The van der Waals surface area contributed by atoms with E-state index < -0.39 is 35.8 Å². The number of hydrogen-bond acceptors (Lipinski definition) is 4. The van der Waals surface area contributed by atoms with Gasteiger partial charge in [-0.1, -0.05) is 12.1 Å². The van der Waals surface area contributed by atoms with Gasteiger partial charge in [-0.05, 0) is 13.0 Å². The topological polar surface area (TPSA) is 83.7 Å². The smallest absolute Gasteiger partial charge is 0.405 e. The number of carboxylic acids is 1. The summed E-state index contributed by atoms with van der Waals surface area (Å²) in [5, 5.41) is 19.6. The number of halogens is 3. The van der Waals surface area contributed by atoms with Gasteiger partial charge in [-0.15, -0.1) is 0 Å². The van der Waals surface area contributed by atoms with Crippen LogP contribution in [-0.2, 0) is 4.79 Å². The van der Waals surface area contributed by atoms with Crippen molar-refractivity contribution in [1.82, 2.24) is 0 Å². The molecule has 0 unspecified atom stereocenters. The van der Waals surface area contributed by atoms with Gasteiger partial charge in [-0.2, -0.15) is 13.2 Å². The molecule has 0 fully saturated rings. The predicted molar refractivity (Wildman–Crippen MR) is 63.7 cm³/mol. The number of benzene rings is 1. The Morgan fingerprint density at radius 2 is 2.05 bits per heavy atom. The summed E-state index contributed by atoms with van der Waals surface area (Å²) in [5.41, 5.74) is -0.738. The summed E-state index contributed by atoms with van der Waals surface area (Å²) in [6.07, 6.45) is -4.67. The Morgan fingerprint density at radius 1 is 1.45 bits per heavy atom. The summed E-state index contributed by atoms with van der Waals surface area (Å²) in [4.78, 5) is 21.2. The van der Waals surface area contributed by atoms with Crippen LogP contribution in [0.3, 0.4) is 0 Å². The van der Waals surface area contributed by atoms with E-state index in [1.807, 2.05) is 0 Å². The number of nitrogens with zero attached hydrogens (tertiary/aromatic N) is 2. The molecule has 0 aliphatic carbocycles. The monoisotopic (exact) mass is 292 g/mol. The Balaban J connectivity index is 3.30. The molecule has 0 atom stereocenters. The average Bonchev–Trinajstić information content (AvgIpc) is 2.24. The number of nitro benzene ring substituents is 1. The number of carbonyl (C=O) groups is 1. The summed E-state index contributed by atoms with van der Waals surface area (Å²) in [6, 6.07) is 3.80. The van der Waals surface area contributed by atoms with E-state index in [4.69, 9.17) is 5.11 Å². The first-order valence-corrected chi connectivity index (χ1v) is 5.39. The molecule has 6 nitrogen and oxygen atoms in total. The SMILES string of the molecule is Cc1cccc(N(CC(=O)O)CC(F)(F)F)c1[N+](=O)[O-].